The monoisotopic (exact) mass is 158 g/mol. The molecule has 0 rings (SSSR count). The van der Waals surface area contributed by atoms with Crippen LogP contribution in [0, 0.1) is 11.8 Å². The molecule has 0 fully saturated rings. The first-order chi connectivity index (χ1) is 5.20. The molecule has 2 nitrogen and oxygen atoms in total. The van der Waals surface area contributed by atoms with Crippen LogP contribution in [0.25, 0.3) is 0 Å². The maximum absolute atomic E-state index is 10.3. The summed E-state index contributed by atoms with van der Waals surface area (Å²) in [6.07, 6.45) is 3.05. The quantitative estimate of drug-likeness (QED) is 0.552. The molecular weight excluding hydrogens is 140 g/mol. The van der Waals surface area contributed by atoms with Gasteiger partial charge in [-0.25, -0.2) is 0 Å². The molecule has 0 aliphatic heterocycles. The Bertz CT molecular complexity index is 102. The topological polar surface area (TPSA) is 26.3 Å². The smallest absolute Gasteiger partial charge is 0.122 e. The van der Waals surface area contributed by atoms with Crippen molar-refractivity contribution in [3.8, 4) is 0 Å². The number of carbonyl (C=O) groups is 1. The predicted octanol–water partition coefficient (Wildman–Crippen LogP) is 1.88. The van der Waals surface area contributed by atoms with E-state index in [0.717, 1.165) is 25.7 Å². The minimum absolute atomic E-state index is 0.196. The van der Waals surface area contributed by atoms with Crippen LogP contribution in [0.3, 0.4) is 0 Å². The first-order valence-electron chi connectivity index (χ1n) is 4.15. The fourth-order valence-electron chi connectivity index (χ4n) is 1.13. The van der Waals surface area contributed by atoms with E-state index in [-0.39, 0.29) is 5.92 Å². The lowest BCUT2D eigenvalue weighted by Gasteiger charge is -2.11. The third kappa shape index (κ3) is 6.05. The standard InChI is InChI=1S/C9H18O2/c1-8(4-5-11-3)6-9(2)7-10/h7-9H,4-6H2,1-3H3. The Hall–Kier alpha value is -0.370. The molecule has 0 saturated heterocycles. The molecule has 0 bridgehead atoms. The molecule has 0 aliphatic rings. The first-order valence-corrected chi connectivity index (χ1v) is 4.15. The molecule has 66 valence electrons. The summed E-state index contributed by atoms with van der Waals surface area (Å²) in [4.78, 5) is 10.3. The van der Waals surface area contributed by atoms with Crippen LogP contribution >= 0.6 is 0 Å². The molecule has 0 heterocycles. The summed E-state index contributed by atoms with van der Waals surface area (Å²) in [6, 6.07) is 0. The fourth-order valence-corrected chi connectivity index (χ4v) is 1.13. The van der Waals surface area contributed by atoms with Crippen LogP contribution in [0.2, 0.25) is 0 Å². The summed E-state index contributed by atoms with van der Waals surface area (Å²) in [5, 5.41) is 0. The molecule has 0 radical (unpaired) electrons. The van der Waals surface area contributed by atoms with Crippen molar-refractivity contribution in [1.82, 2.24) is 0 Å². The van der Waals surface area contributed by atoms with Crippen molar-refractivity contribution >= 4 is 6.29 Å². The van der Waals surface area contributed by atoms with Crippen LogP contribution in [0.1, 0.15) is 26.7 Å². The van der Waals surface area contributed by atoms with Crippen molar-refractivity contribution in [2.45, 2.75) is 26.7 Å². The zero-order valence-corrected chi connectivity index (χ0v) is 7.67. The van der Waals surface area contributed by atoms with Gasteiger partial charge in [-0.1, -0.05) is 13.8 Å². The van der Waals surface area contributed by atoms with E-state index in [1.165, 1.54) is 0 Å². The highest BCUT2D eigenvalue weighted by Crippen LogP contribution is 2.12. The van der Waals surface area contributed by atoms with Crippen LogP contribution in [0.5, 0.6) is 0 Å². The van der Waals surface area contributed by atoms with Crippen LogP contribution in [-0.4, -0.2) is 20.0 Å². The Labute approximate surface area is 68.9 Å². The second-order valence-corrected chi connectivity index (χ2v) is 3.24. The van der Waals surface area contributed by atoms with E-state index in [2.05, 4.69) is 6.92 Å². The second kappa shape index (κ2) is 6.35. The average molecular weight is 158 g/mol. The van der Waals surface area contributed by atoms with Crippen LogP contribution < -0.4 is 0 Å². The number of carbonyl (C=O) groups excluding carboxylic acids is 1. The molecule has 0 spiro atoms. The van der Waals surface area contributed by atoms with Gasteiger partial charge in [-0.05, 0) is 18.8 Å². The van der Waals surface area contributed by atoms with Gasteiger partial charge in [0.05, 0.1) is 0 Å². The highest BCUT2D eigenvalue weighted by molar-refractivity contribution is 5.52. The zero-order valence-electron chi connectivity index (χ0n) is 7.67. The van der Waals surface area contributed by atoms with E-state index in [1.54, 1.807) is 7.11 Å². The van der Waals surface area contributed by atoms with Gasteiger partial charge in [0.2, 0.25) is 0 Å². The summed E-state index contributed by atoms with van der Waals surface area (Å²) in [5.41, 5.74) is 0. The van der Waals surface area contributed by atoms with Gasteiger partial charge in [-0.3, -0.25) is 0 Å². The predicted molar refractivity (Wildman–Crippen MR) is 45.5 cm³/mol. The van der Waals surface area contributed by atoms with Crippen molar-refractivity contribution in [2.75, 3.05) is 13.7 Å². The fraction of sp³-hybridized carbons (Fsp3) is 0.889. The summed E-state index contributed by atoms with van der Waals surface area (Å²) in [7, 11) is 1.70. The molecule has 2 atom stereocenters. The third-order valence-electron chi connectivity index (χ3n) is 1.82. The van der Waals surface area contributed by atoms with Gasteiger partial charge in [0.15, 0.2) is 0 Å². The lowest BCUT2D eigenvalue weighted by Crippen LogP contribution is -2.06. The average Bonchev–Trinajstić information content (AvgIpc) is 2.00. The SMILES string of the molecule is COCCC(C)CC(C)C=O. The van der Waals surface area contributed by atoms with Crippen LogP contribution in [-0.2, 0) is 9.53 Å². The molecule has 0 saturated carbocycles. The number of rotatable bonds is 6. The Morgan fingerprint density at radius 2 is 2.09 bits per heavy atom. The van der Waals surface area contributed by atoms with Gasteiger partial charge in [0.25, 0.3) is 0 Å². The van der Waals surface area contributed by atoms with E-state index >= 15 is 0 Å². The van der Waals surface area contributed by atoms with Gasteiger partial charge in [0, 0.05) is 19.6 Å². The van der Waals surface area contributed by atoms with Crippen molar-refractivity contribution in [3.05, 3.63) is 0 Å². The van der Waals surface area contributed by atoms with Gasteiger partial charge in [0.1, 0.15) is 6.29 Å². The molecule has 11 heavy (non-hydrogen) atoms. The van der Waals surface area contributed by atoms with Crippen molar-refractivity contribution in [3.63, 3.8) is 0 Å². The van der Waals surface area contributed by atoms with Crippen molar-refractivity contribution < 1.29 is 9.53 Å². The van der Waals surface area contributed by atoms with E-state index in [9.17, 15) is 4.79 Å². The van der Waals surface area contributed by atoms with Crippen molar-refractivity contribution in [1.29, 1.82) is 0 Å². The lowest BCUT2D eigenvalue weighted by molar-refractivity contribution is -0.111. The van der Waals surface area contributed by atoms with Gasteiger partial charge in [-0.2, -0.15) is 0 Å². The Balaban J connectivity index is 3.34. The zero-order chi connectivity index (χ0) is 8.69. The normalized spacial score (nSPS) is 15.9. The minimum Gasteiger partial charge on any atom is -0.385 e. The molecule has 0 aromatic heterocycles. The molecule has 0 aromatic carbocycles. The molecule has 0 aliphatic carbocycles. The number of aldehydes is 1. The summed E-state index contributed by atoms with van der Waals surface area (Å²) < 4.78 is 4.94. The Morgan fingerprint density at radius 3 is 2.55 bits per heavy atom. The van der Waals surface area contributed by atoms with E-state index in [0.29, 0.717) is 5.92 Å². The van der Waals surface area contributed by atoms with E-state index in [4.69, 9.17) is 4.74 Å². The van der Waals surface area contributed by atoms with Crippen molar-refractivity contribution in [2.24, 2.45) is 11.8 Å². The maximum atomic E-state index is 10.3. The van der Waals surface area contributed by atoms with E-state index < -0.39 is 0 Å². The van der Waals surface area contributed by atoms with Gasteiger partial charge >= 0.3 is 0 Å². The lowest BCUT2D eigenvalue weighted by atomic mass is 9.96. The van der Waals surface area contributed by atoms with Gasteiger partial charge in [-0.15, -0.1) is 0 Å². The molecule has 2 unspecified atom stereocenters. The largest absolute Gasteiger partial charge is 0.385 e. The van der Waals surface area contributed by atoms with Crippen LogP contribution in [0.15, 0.2) is 0 Å². The third-order valence-corrected chi connectivity index (χ3v) is 1.82. The molecular formula is C9H18O2. The maximum Gasteiger partial charge on any atom is 0.122 e. The summed E-state index contributed by atoms with van der Waals surface area (Å²) in [6.45, 7) is 4.90. The Morgan fingerprint density at radius 1 is 1.45 bits per heavy atom. The summed E-state index contributed by atoms with van der Waals surface area (Å²) >= 11 is 0. The summed E-state index contributed by atoms with van der Waals surface area (Å²) in [5.74, 6) is 0.789. The molecule has 0 aromatic rings. The van der Waals surface area contributed by atoms with Crippen LogP contribution in [0.4, 0.5) is 0 Å². The Kier molecular flexibility index (Phi) is 6.13. The number of hydrogen-bond acceptors (Lipinski definition) is 2. The number of hydrogen-bond donors (Lipinski definition) is 0. The van der Waals surface area contributed by atoms with E-state index in [1.807, 2.05) is 6.92 Å². The van der Waals surface area contributed by atoms with Gasteiger partial charge < -0.3 is 9.53 Å². The number of methoxy groups -OCH3 is 1. The number of ether oxygens (including phenoxy) is 1. The highest BCUT2D eigenvalue weighted by Gasteiger charge is 2.06. The minimum atomic E-state index is 0.196. The highest BCUT2D eigenvalue weighted by atomic mass is 16.5. The molecule has 0 amide bonds. The first kappa shape index (κ1) is 10.6. The molecule has 2 heteroatoms. The second-order valence-electron chi connectivity index (χ2n) is 3.24. The molecule has 0 N–H and O–H groups in total.